The second-order valence-corrected chi connectivity index (χ2v) is 10.0. The van der Waals surface area contributed by atoms with E-state index >= 15 is 0 Å². The number of hydrogen-bond acceptors (Lipinski definition) is 4. The van der Waals surface area contributed by atoms with E-state index in [0.717, 1.165) is 17.5 Å². The molecule has 0 saturated carbocycles. The van der Waals surface area contributed by atoms with Crippen LogP contribution in [0.4, 0.5) is 0 Å². The Bertz CT molecular complexity index is 860. The van der Waals surface area contributed by atoms with Crippen LogP contribution in [0.5, 0.6) is 11.5 Å². The van der Waals surface area contributed by atoms with Crippen LogP contribution in [-0.4, -0.2) is 24.3 Å². The van der Waals surface area contributed by atoms with Crippen LogP contribution in [0.2, 0.25) is 0 Å². The van der Waals surface area contributed by atoms with Gasteiger partial charge in [-0.05, 0) is 41.9 Å². The molecule has 30 heavy (non-hydrogen) atoms. The molecule has 1 aliphatic carbocycles. The fraction of sp³-hybridized carbons (Fsp3) is 0.500. The fourth-order valence-corrected chi connectivity index (χ4v) is 3.39. The summed E-state index contributed by atoms with van der Waals surface area (Å²) < 4.78 is 11.0. The Morgan fingerprint density at radius 2 is 1.80 bits per heavy atom. The van der Waals surface area contributed by atoms with Crippen LogP contribution >= 0.6 is 0 Å². The Labute approximate surface area is 181 Å². The number of carbonyl (C=O) groups excluding carboxylic acids is 1. The van der Waals surface area contributed by atoms with Crippen molar-refractivity contribution in [3.05, 3.63) is 59.2 Å². The smallest absolute Gasteiger partial charge is 0.333 e. The first-order valence-electron chi connectivity index (χ1n) is 10.5. The molecular weight excluding hydrogens is 376 g/mol. The Morgan fingerprint density at radius 1 is 1.13 bits per heavy atom. The van der Waals surface area contributed by atoms with Gasteiger partial charge in [0.1, 0.15) is 24.7 Å². The first kappa shape index (κ1) is 23.8. The van der Waals surface area contributed by atoms with E-state index in [4.69, 9.17) is 9.47 Å². The van der Waals surface area contributed by atoms with Gasteiger partial charge in [0.2, 0.25) is 0 Å². The summed E-state index contributed by atoms with van der Waals surface area (Å²) in [5.41, 5.74) is 3.23. The number of hydrogen-bond donors (Lipinski definition) is 1. The maximum Gasteiger partial charge on any atom is 0.333 e. The molecule has 0 spiro atoms. The van der Waals surface area contributed by atoms with E-state index in [0.29, 0.717) is 17.1 Å². The number of phenolic OH excluding ortho intramolecular Hbond substituents is 1. The summed E-state index contributed by atoms with van der Waals surface area (Å²) in [5, 5.41) is 11.0. The molecule has 2 rings (SSSR count). The third-order valence-corrected chi connectivity index (χ3v) is 5.22. The lowest BCUT2D eigenvalue weighted by atomic mass is 9.78. The number of rotatable bonds is 6. The molecular formula is C26H36O4. The van der Waals surface area contributed by atoms with Gasteiger partial charge in [0, 0.05) is 22.6 Å². The van der Waals surface area contributed by atoms with Crippen LogP contribution in [0.25, 0.3) is 0 Å². The molecule has 0 amide bonds. The number of phenols is 1. The number of carbonyl (C=O) groups is 1. The van der Waals surface area contributed by atoms with Gasteiger partial charge in [0.15, 0.2) is 0 Å². The molecule has 1 unspecified atom stereocenters. The third-order valence-electron chi connectivity index (χ3n) is 5.22. The van der Waals surface area contributed by atoms with Crippen molar-refractivity contribution < 1.29 is 19.4 Å². The fourth-order valence-electron chi connectivity index (χ4n) is 3.39. The molecule has 1 aliphatic rings. The van der Waals surface area contributed by atoms with E-state index in [1.54, 1.807) is 6.92 Å². The molecule has 0 aromatic heterocycles. The normalized spacial score (nSPS) is 16.8. The van der Waals surface area contributed by atoms with Gasteiger partial charge in [0.05, 0.1) is 0 Å². The maximum atomic E-state index is 11.5. The molecule has 0 fully saturated rings. The Hall–Kier alpha value is -2.49. The lowest BCUT2D eigenvalue weighted by Gasteiger charge is -2.28. The minimum Gasteiger partial charge on any atom is -0.507 e. The summed E-state index contributed by atoms with van der Waals surface area (Å²) in [4.78, 5) is 11.5. The Balaban J connectivity index is 2.25. The largest absolute Gasteiger partial charge is 0.507 e. The van der Waals surface area contributed by atoms with Gasteiger partial charge in [-0.2, -0.15) is 0 Å². The first-order valence-corrected chi connectivity index (χ1v) is 10.5. The van der Waals surface area contributed by atoms with Crippen LogP contribution in [0.3, 0.4) is 0 Å². The summed E-state index contributed by atoms with van der Waals surface area (Å²) in [5.74, 6) is 0.653. The van der Waals surface area contributed by atoms with Crippen molar-refractivity contribution >= 4 is 5.97 Å². The molecule has 1 aromatic rings. The summed E-state index contributed by atoms with van der Waals surface area (Å²) in [6, 6.07) is 3.78. The second kappa shape index (κ2) is 9.11. The van der Waals surface area contributed by atoms with Crippen molar-refractivity contribution in [3.63, 3.8) is 0 Å². The van der Waals surface area contributed by atoms with Crippen LogP contribution in [0.1, 0.15) is 71.9 Å². The van der Waals surface area contributed by atoms with Crippen molar-refractivity contribution in [1.29, 1.82) is 0 Å². The standard InChI is InChI=1S/C26H36O4/c1-17(2)24(28)30-14-13-29-20-15-21(23(27)22(16-20)26(6,7)8)18-9-11-19(12-10-18)25(3,4)5/h9,11-12,15-16,18,27H,1,10,13-14H2,2-8H3. The predicted molar refractivity (Wildman–Crippen MR) is 122 cm³/mol. The molecule has 164 valence electrons. The average molecular weight is 413 g/mol. The Kier molecular flexibility index (Phi) is 7.23. The molecule has 0 radical (unpaired) electrons. The minimum absolute atomic E-state index is 0.0852. The van der Waals surface area contributed by atoms with Crippen LogP contribution in [-0.2, 0) is 14.9 Å². The molecule has 4 heteroatoms. The average Bonchev–Trinajstić information content (AvgIpc) is 2.64. The Morgan fingerprint density at radius 3 is 2.30 bits per heavy atom. The highest BCUT2D eigenvalue weighted by atomic mass is 16.6. The molecule has 4 nitrogen and oxygen atoms in total. The van der Waals surface area contributed by atoms with Crippen molar-refractivity contribution in [2.45, 2.75) is 66.2 Å². The van der Waals surface area contributed by atoms with Gasteiger partial charge < -0.3 is 14.6 Å². The molecule has 1 aromatic carbocycles. The van der Waals surface area contributed by atoms with E-state index in [1.165, 1.54) is 5.57 Å². The monoisotopic (exact) mass is 412 g/mol. The zero-order valence-electron chi connectivity index (χ0n) is 19.5. The highest BCUT2D eigenvalue weighted by Gasteiger charge is 2.26. The van der Waals surface area contributed by atoms with E-state index in [9.17, 15) is 9.90 Å². The number of allylic oxidation sites excluding steroid dienone is 4. The van der Waals surface area contributed by atoms with Gasteiger partial charge in [-0.15, -0.1) is 0 Å². The van der Waals surface area contributed by atoms with E-state index in [-0.39, 0.29) is 30.0 Å². The second-order valence-electron chi connectivity index (χ2n) is 10.0. The lowest BCUT2D eigenvalue weighted by molar-refractivity contribution is -0.139. The number of ether oxygens (including phenoxy) is 2. The first-order chi connectivity index (χ1) is 13.8. The summed E-state index contributed by atoms with van der Waals surface area (Å²) in [7, 11) is 0. The van der Waals surface area contributed by atoms with Crippen molar-refractivity contribution in [2.24, 2.45) is 5.41 Å². The zero-order chi connectivity index (χ0) is 22.7. The topological polar surface area (TPSA) is 55.8 Å². The van der Waals surface area contributed by atoms with Gasteiger partial charge in [0.25, 0.3) is 0 Å². The van der Waals surface area contributed by atoms with Gasteiger partial charge in [-0.25, -0.2) is 4.79 Å². The van der Waals surface area contributed by atoms with Gasteiger partial charge >= 0.3 is 5.97 Å². The quantitative estimate of drug-likeness (QED) is 0.343. The minimum atomic E-state index is -0.422. The van der Waals surface area contributed by atoms with Crippen molar-refractivity contribution in [2.75, 3.05) is 13.2 Å². The van der Waals surface area contributed by atoms with Crippen molar-refractivity contribution in [3.8, 4) is 11.5 Å². The molecule has 1 atom stereocenters. The zero-order valence-corrected chi connectivity index (χ0v) is 19.5. The van der Waals surface area contributed by atoms with E-state index in [2.05, 4.69) is 66.3 Å². The highest BCUT2D eigenvalue weighted by Crippen LogP contribution is 2.43. The number of esters is 1. The molecule has 0 saturated heterocycles. The lowest BCUT2D eigenvalue weighted by Crippen LogP contribution is -2.16. The van der Waals surface area contributed by atoms with E-state index < -0.39 is 5.97 Å². The highest BCUT2D eigenvalue weighted by molar-refractivity contribution is 5.86. The third kappa shape index (κ3) is 6.01. The van der Waals surface area contributed by atoms with Crippen LogP contribution in [0.15, 0.2) is 48.1 Å². The SMILES string of the molecule is C=C(C)C(=O)OCCOc1cc(C2C=CC(C(C)(C)C)=CC2)c(O)c(C(C)(C)C)c1. The summed E-state index contributed by atoms with van der Waals surface area (Å²) in [6.07, 6.45) is 7.42. The molecule has 1 N–H and O–H groups in total. The van der Waals surface area contributed by atoms with Gasteiger partial charge in [-0.3, -0.25) is 0 Å². The van der Waals surface area contributed by atoms with Crippen LogP contribution < -0.4 is 4.74 Å². The molecule has 0 heterocycles. The number of benzene rings is 1. The maximum absolute atomic E-state index is 11.5. The molecule has 0 bridgehead atoms. The van der Waals surface area contributed by atoms with Crippen molar-refractivity contribution in [1.82, 2.24) is 0 Å². The predicted octanol–water partition coefficient (Wildman–Crippen LogP) is 6.20. The summed E-state index contributed by atoms with van der Waals surface area (Å²) in [6.45, 7) is 18.4. The summed E-state index contributed by atoms with van der Waals surface area (Å²) >= 11 is 0. The van der Waals surface area contributed by atoms with E-state index in [1.807, 2.05) is 12.1 Å². The molecule has 0 aliphatic heterocycles. The van der Waals surface area contributed by atoms with Crippen LogP contribution in [0, 0.1) is 5.41 Å². The van der Waals surface area contributed by atoms with Gasteiger partial charge in [-0.1, -0.05) is 66.3 Å². The number of aromatic hydroxyl groups is 1.